The van der Waals surface area contributed by atoms with Crippen LogP contribution in [0, 0.1) is 6.92 Å². The van der Waals surface area contributed by atoms with E-state index in [1.807, 2.05) is 19.2 Å². The van der Waals surface area contributed by atoms with Gasteiger partial charge in [-0.25, -0.2) is 0 Å². The lowest BCUT2D eigenvalue weighted by Crippen LogP contribution is -2.27. The largest absolute Gasteiger partial charge is 0.361 e. The SMILES string of the molecule is Cc1cccc2c(CCC(=O)N[C@@H](C)c3ncon3)c[nH]c12. The lowest BCUT2D eigenvalue weighted by molar-refractivity contribution is -0.121. The molecule has 114 valence electrons. The first kappa shape index (κ1) is 14.3. The minimum Gasteiger partial charge on any atom is -0.361 e. The molecule has 1 aromatic carbocycles. The number of fused-ring (bicyclic) bond motifs is 1. The fourth-order valence-electron chi connectivity index (χ4n) is 2.57. The van der Waals surface area contributed by atoms with Gasteiger partial charge in [-0.3, -0.25) is 4.79 Å². The van der Waals surface area contributed by atoms with E-state index in [2.05, 4.69) is 44.0 Å². The van der Waals surface area contributed by atoms with Gasteiger partial charge in [0.1, 0.15) is 0 Å². The number of H-pyrrole nitrogens is 1. The average Bonchev–Trinajstić information content (AvgIpc) is 3.15. The zero-order valence-corrected chi connectivity index (χ0v) is 12.6. The first-order chi connectivity index (χ1) is 10.6. The number of hydrogen-bond donors (Lipinski definition) is 2. The third-order valence-electron chi connectivity index (χ3n) is 3.77. The van der Waals surface area contributed by atoms with Gasteiger partial charge < -0.3 is 14.8 Å². The van der Waals surface area contributed by atoms with E-state index in [9.17, 15) is 4.79 Å². The molecule has 0 bridgehead atoms. The molecular formula is C16H18N4O2. The van der Waals surface area contributed by atoms with Crippen molar-refractivity contribution in [3.63, 3.8) is 0 Å². The van der Waals surface area contributed by atoms with Crippen molar-refractivity contribution in [2.75, 3.05) is 0 Å². The molecule has 0 unspecified atom stereocenters. The summed E-state index contributed by atoms with van der Waals surface area (Å²) < 4.78 is 4.68. The highest BCUT2D eigenvalue weighted by Gasteiger charge is 2.14. The number of aromatic nitrogens is 3. The van der Waals surface area contributed by atoms with E-state index in [1.54, 1.807) is 0 Å². The number of hydrogen-bond acceptors (Lipinski definition) is 4. The number of nitrogens with zero attached hydrogens (tertiary/aromatic N) is 2. The van der Waals surface area contributed by atoms with Crippen molar-refractivity contribution in [3.05, 3.63) is 47.7 Å². The van der Waals surface area contributed by atoms with Crippen LogP contribution in [0.3, 0.4) is 0 Å². The maximum Gasteiger partial charge on any atom is 0.220 e. The minimum absolute atomic E-state index is 0.0284. The number of carbonyl (C=O) groups is 1. The van der Waals surface area contributed by atoms with Crippen molar-refractivity contribution < 1.29 is 9.32 Å². The standard InChI is InChI=1S/C16H18N4O2/c1-10-4-3-5-13-12(8-17-15(10)13)6-7-14(21)19-11(2)16-18-9-22-20-16/h3-5,8-9,11,17H,6-7H2,1-2H3,(H,19,21)/t11-/m0/s1. The summed E-state index contributed by atoms with van der Waals surface area (Å²) in [6.45, 7) is 3.90. The van der Waals surface area contributed by atoms with Gasteiger partial charge in [0.25, 0.3) is 0 Å². The van der Waals surface area contributed by atoms with Gasteiger partial charge in [-0.2, -0.15) is 4.98 Å². The third-order valence-corrected chi connectivity index (χ3v) is 3.77. The Morgan fingerprint density at radius 2 is 2.32 bits per heavy atom. The number of rotatable bonds is 5. The van der Waals surface area contributed by atoms with E-state index in [0.717, 1.165) is 11.1 Å². The molecule has 6 heteroatoms. The summed E-state index contributed by atoms with van der Waals surface area (Å²) in [6.07, 6.45) is 4.34. The lowest BCUT2D eigenvalue weighted by atomic mass is 10.1. The van der Waals surface area contributed by atoms with Gasteiger partial charge in [0, 0.05) is 23.5 Å². The molecule has 0 saturated carbocycles. The topological polar surface area (TPSA) is 83.8 Å². The van der Waals surface area contributed by atoms with E-state index in [0.29, 0.717) is 18.7 Å². The molecule has 1 atom stereocenters. The van der Waals surface area contributed by atoms with Crippen LogP contribution in [0.15, 0.2) is 35.3 Å². The van der Waals surface area contributed by atoms with E-state index >= 15 is 0 Å². The molecule has 2 N–H and O–H groups in total. The predicted octanol–water partition coefficient (Wildman–Crippen LogP) is 2.67. The van der Waals surface area contributed by atoms with Gasteiger partial charge in [-0.05, 0) is 31.4 Å². The van der Waals surface area contributed by atoms with Gasteiger partial charge >= 0.3 is 0 Å². The molecule has 0 aliphatic heterocycles. The van der Waals surface area contributed by atoms with Crippen LogP contribution in [0.25, 0.3) is 10.9 Å². The molecule has 1 amide bonds. The highest BCUT2D eigenvalue weighted by Crippen LogP contribution is 2.22. The Morgan fingerprint density at radius 3 is 3.09 bits per heavy atom. The summed E-state index contributed by atoms with van der Waals surface area (Å²) in [5, 5.41) is 7.77. The number of nitrogens with one attached hydrogen (secondary N) is 2. The fraction of sp³-hybridized carbons (Fsp3) is 0.312. The molecule has 0 aliphatic rings. The Bertz CT molecular complexity index is 777. The minimum atomic E-state index is -0.253. The molecular weight excluding hydrogens is 280 g/mol. The molecule has 2 aromatic heterocycles. The molecule has 6 nitrogen and oxygen atoms in total. The van der Waals surface area contributed by atoms with Gasteiger partial charge in [-0.15, -0.1) is 0 Å². The quantitative estimate of drug-likeness (QED) is 0.758. The highest BCUT2D eigenvalue weighted by atomic mass is 16.5. The molecule has 3 aromatic rings. The first-order valence-corrected chi connectivity index (χ1v) is 7.26. The summed E-state index contributed by atoms with van der Waals surface area (Å²) in [5.74, 6) is 0.454. The fourth-order valence-corrected chi connectivity index (χ4v) is 2.57. The van der Waals surface area contributed by atoms with Gasteiger partial charge in [0.15, 0.2) is 5.82 Å². The number of amides is 1. The van der Waals surface area contributed by atoms with Crippen molar-refractivity contribution in [2.45, 2.75) is 32.7 Å². The Morgan fingerprint density at radius 1 is 1.45 bits per heavy atom. The lowest BCUT2D eigenvalue weighted by Gasteiger charge is -2.09. The normalized spacial score (nSPS) is 12.5. The number of aromatic amines is 1. The summed E-state index contributed by atoms with van der Waals surface area (Å²) in [4.78, 5) is 19.3. The number of carbonyl (C=O) groups excluding carboxylic acids is 1. The van der Waals surface area contributed by atoms with Crippen LogP contribution in [-0.4, -0.2) is 21.0 Å². The Labute approximate surface area is 127 Å². The maximum atomic E-state index is 12.0. The van der Waals surface area contributed by atoms with E-state index < -0.39 is 0 Å². The van der Waals surface area contributed by atoms with E-state index in [-0.39, 0.29) is 11.9 Å². The molecule has 0 saturated heterocycles. The van der Waals surface area contributed by atoms with Crippen LogP contribution in [0.5, 0.6) is 0 Å². The third kappa shape index (κ3) is 2.86. The van der Waals surface area contributed by atoms with Crippen molar-refractivity contribution >= 4 is 16.8 Å². The Balaban J connectivity index is 1.62. The molecule has 0 radical (unpaired) electrons. The summed E-state index contributed by atoms with van der Waals surface area (Å²) in [7, 11) is 0. The second-order valence-corrected chi connectivity index (χ2v) is 5.39. The number of aryl methyl sites for hydroxylation is 2. The molecule has 3 rings (SSSR count). The zero-order valence-electron chi connectivity index (χ0n) is 12.6. The second kappa shape index (κ2) is 6.01. The molecule has 0 spiro atoms. The van der Waals surface area contributed by atoms with E-state index in [4.69, 9.17) is 0 Å². The Hall–Kier alpha value is -2.63. The number of benzene rings is 1. The monoisotopic (exact) mass is 298 g/mol. The van der Waals surface area contributed by atoms with Gasteiger partial charge in [0.05, 0.1) is 6.04 Å². The molecule has 22 heavy (non-hydrogen) atoms. The molecule has 0 aliphatic carbocycles. The predicted molar refractivity (Wildman–Crippen MR) is 82.2 cm³/mol. The van der Waals surface area contributed by atoms with Gasteiger partial charge in [-0.1, -0.05) is 23.4 Å². The summed E-state index contributed by atoms with van der Waals surface area (Å²) in [5.41, 5.74) is 3.50. The Kier molecular flexibility index (Phi) is 3.91. The second-order valence-electron chi connectivity index (χ2n) is 5.39. The smallest absolute Gasteiger partial charge is 0.220 e. The van der Waals surface area contributed by atoms with Crippen LogP contribution in [0.2, 0.25) is 0 Å². The van der Waals surface area contributed by atoms with Crippen molar-refractivity contribution in [3.8, 4) is 0 Å². The van der Waals surface area contributed by atoms with Crippen LogP contribution in [-0.2, 0) is 11.2 Å². The van der Waals surface area contributed by atoms with E-state index in [1.165, 1.54) is 17.3 Å². The van der Waals surface area contributed by atoms with Crippen LogP contribution in [0.4, 0.5) is 0 Å². The van der Waals surface area contributed by atoms with Gasteiger partial charge in [0.2, 0.25) is 12.3 Å². The van der Waals surface area contributed by atoms with Crippen LogP contribution in [0.1, 0.15) is 36.3 Å². The molecule has 2 heterocycles. The van der Waals surface area contributed by atoms with Crippen LogP contribution >= 0.6 is 0 Å². The average molecular weight is 298 g/mol. The van der Waals surface area contributed by atoms with Crippen molar-refractivity contribution in [1.29, 1.82) is 0 Å². The maximum absolute atomic E-state index is 12.0. The first-order valence-electron chi connectivity index (χ1n) is 7.26. The summed E-state index contributed by atoms with van der Waals surface area (Å²) >= 11 is 0. The van der Waals surface area contributed by atoms with Crippen molar-refractivity contribution in [1.82, 2.24) is 20.4 Å². The zero-order chi connectivity index (χ0) is 15.5. The number of para-hydroxylation sites is 1. The summed E-state index contributed by atoms with van der Waals surface area (Å²) in [6, 6.07) is 5.93. The van der Waals surface area contributed by atoms with Crippen molar-refractivity contribution in [2.24, 2.45) is 0 Å². The molecule has 0 fully saturated rings. The van der Waals surface area contributed by atoms with Crippen LogP contribution < -0.4 is 5.32 Å². The highest BCUT2D eigenvalue weighted by molar-refractivity contribution is 5.86.